The lowest BCUT2D eigenvalue weighted by molar-refractivity contribution is 0.0674. The molecule has 0 aliphatic carbocycles. The third-order valence-corrected chi connectivity index (χ3v) is 5.00. The molecule has 26 heavy (non-hydrogen) atoms. The zero-order chi connectivity index (χ0) is 17.5. The minimum absolute atomic E-state index is 0. The van der Waals surface area contributed by atoms with Gasteiger partial charge in [0.15, 0.2) is 5.96 Å². The van der Waals surface area contributed by atoms with Crippen molar-refractivity contribution in [1.29, 1.82) is 0 Å². The third-order valence-electron chi connectivity index (χ3n) is 5.00. The van der Waals surface area contributed by atoms with Gasteiger partial charge < -0.3 is 20.3 Å². The van der Waals surface area contributed by atoms with Crippen LogP contribution in [0.5, 0.6) is 0 Å². The van der Waals surface area contributed by atoms with Crippen molar-refractivity contribution in [1.82, 2.24) is 14.7 Å². The molecule has 7 heteroatoms. The van der Waals surface area contributed by atoms with E-state index in [9.17, 15) is 0 Å². The van der Waals surface area contributed by atoms with Gasteiger partial charge in [-0.1, -0.05) is 24.3 Å². The van der Waals surface area contributed by atoms with E-state index in [-0.39, 0.29) is 24.0 Å². The van der Waals surface area contributed by atoms with E-state index in [0.717, 1.165) is 45.9 Å². The summed E-state index contributed by atoms with van der Waals surface area (Å²) in [7, 11) is 2.21. The molecule has 0 amide bonds. The van der Waals surface area contributed by atoms with Crippen LogP contribution >= 0.6 is 24.0 Å². The van der Waals surface area contributed by atoms with Crippen LogP contribution in [0, 0.1) is 0 Å². The first-order valence-electron chi connectivity index (χ1n) is 9.32. The molecule has 2 N–H and O–H groups in total. The van der Waals surface area contributed by atoms with E-state index in [0.29, 0.717) is 12.5 Å². The fourth-order valence-corrected chi connectivity index (χ4v) is 3.33. The highest BCUT2D eigenvalue weighted by atomic mass is 127. The molecule has 2 aliphatic heterocycles. The average Bonchev–Trinajstić information content (AvgIpc) is 2.86. The maximum atomic E-state index is 6.09. The van der Waals surface area contributed by atoms with Gasteiger partial charge in [-0.05, 0) is 37.7 Å². The summed E-state index contributed by atoms with van der Waals surface area (Å²) in [5.41, 5.74) is 8.66. The van der Waals surface area contributed by atoms with E-state index in [2.05, 4.69) is 51.0 Å². The Morgan fingerprint density at radius 3 is 2.42 bits per heavy atom. The van der Waals surface area contributed by atoms with Gasteiger partial charge in [0.1, 0.15) is 0 Å². The molecule has 0 saturated carbocycles. The average molecular weight is 473 g/mol. The van der Waals surface area contributed by atoms with Crippen molar-refractivity contribution in [3.63, 3.8) is 0 Å². The quantitative estimate of drug-likeness (QED) is 0.409. The molecule has 6 nitrogen and oxygen atoms in total. The SMILES string of the molecule is CN1CCCN(Cc2ccc(CN=C(N)N3CCOCC3)cc2)CC1.I. The molecule has 0 aromatic heterocycles. The Labute approximate surface area is 174 Å². The van der Waals surface area contributed by atoms with Crippen molar-refractivity contribution in [2.45, 2.75) is 19.5 Å². The summed E-state index contributed by atoms with van der Waals surface area (Å²) in [6.07, 6.45) is 1.25. The maximum absolute atomic E-state index is 6.09. The van der Waals surface area contributed by atoms with Crippen LogP contribution in [-0.2, 0) is 17.8 Å². The Balaban J connectivity index is 0.00000243. The normalized spacial score (nSPS) is 20.5. The van der Waals surface area contributed by atoms with Crippen LogP contribution in [0.1, 0.15) is 17.5 Å². The summed E-state index contributed by atoms with van der Waals surface area (Å²) in [6, 6.07) is 8.81. The van der Waals surface area contributed by atoms with Gasteiger partial charge in [0.05, 0.1) is 19.8 Å². The molecule has 146 valence electrons. The molecule has 2 aliphatic rings. The number of rotatable bonds is 4. The summed E-state index contributed by atoms with van der Waals surface area (Å²) < 4.78 is 5.34. The molecule has 0 unspecified atom stereocenters. The smallest absolute Gasteiger partial charge is 0.191 e. The molecule has 3 rings (SSSR count). The van der Waals surface area contributed by atoms with E-state index in [4.69, 9.17) is 10.5 Å². The highest BCUT2D eigenvalue weighted by Crippen LogP contribution is 2.11. The first kappa shape index (κ1) is 21.4. The first-order chi connectivity index (χ1) is 12.2. The topological polar surface area (TPSA) is 57.3 Å². The lowest BCUT2D eigenvalue weighted by Gasteiger charge is -2.27. The number of halogens is 1. The highest BCUT2D eigenvalue weighted by molar-refractivity contribution is 14.0. The van der Waals surface area contributed by atoms with Crippen molar-refractivity contribution in [3.05, 3.63) is 35.4 Å². The van der Waals surface area contributed by atoms with Crippen LogP contribution in [-0.4, -0.2) is 80.2 Å². The van der Waals surface area contributed by atoms with E-state index in [1.807, 2.05) is 0 Å². The number of hydrogen-bond acceptors (Lipinski definition) is 4. The third kappa shape index (κ3) is 6.68. The largest absolute Gasteiger partial charge is 0.378 e. The van der Waals surface area contributed by atoms with E-state index in [1.165, 1.54) is 30.6 Å². The Bertz CT molecular complexity index is 560. The molecule has 1 aromatic rings. The van der Waals surface area contributed by atoms with Crippen LogP contribution in [0.2, 0.25) is 0 Å². The second kappa shape index (κ2) is 11.1. The van der Waals surface area contributed by atoms with Gasteiger partial charge in [-0.2, -0.15) is 0 Å². The first-order valence-corrected chi connectivity index (χ1v) is 9.32. The van der Waals surface area contributed by atoms with Gasteiger partial charge in [0.25, 0.3) is 0 Å². The van der Waals surface area contributed by atoms with Crippen molar-refractivity contribution >= 4 is 29.9 Å². The van der Waals surface area contributed by atoms with Gasteiger partial charge in [0.2, 0.25) is 0 Å². The second-order valence-electron chi connectivity index (χ2n) is 7.02. The van der Waals surface area contributed by atoms with Gasteiger partial charge in [0, 0.05) is 32.7 Å². The van der Waals surface area contributed by atoms with Gasteiger partial charge in [-0.3, -0.25) is 4.90 Å². The second-order valence-corrected chi connectivity index (χ2v) is 7.02. The van der Waals surface area contributed by atoms with Crippen LogP contribution < -0.4 is 5.73 Å². The Morgan fingerprint density at radius 1 is 1.00 bits per heavy atom. The predicted molar refractivity (Wildman–Crippen MR) is 117 cm³/mol. The molecule has 0 spiro atoms. The number of benzene rings is 1. The zero-order valence-corrected chi connectivity index (χ0v) is 18.1. The fourth-order valence-electron chi connectivity index (χ4n) is 3.33. The number of aliphatic imine (C=N–C) groups is 1. The number of nitrogens with zero attached hydrogens (tertiary/aromatic N) is 4. The molecule has 2 heterocycles. The number of likely N-dealkylation sites (N-methyl/N-ethyl adjacent to an activating group) is 1. The Morgan fingerprint density at radius 2 is 1.69 bits per heavy atom. The Kier molecular flexibility index (Phi) is 9.10. The molecule has 2 saturated heterocycles. The predicted octanol–water partition coefficient (Wildman–Crippen LogP) is 1.59. The van der Waals surface area contributed by atoms with E-state index < -0.39 is 0 Å². The highest BCUT2D eigenvalue weighted by Gasteiger charge is 2.13. The molecule has 2 fully saturated rings. The lowest BCUT2D eigenvalue weighted by atomic mass is 10.1. The van der Waals surface area contributed by atoms with Gasteiger partial charge in [-0.25, -0.2) is 4.99 Å². The van der Waals surface area contributed by atoms with Crippen molar-refractivity contribution < 1.29 is 4.74 Å². The summed E-state index contributed by atoms with van der Waals surface area (Å²) in [5.74, 6) is 0.626. The van der Waals surface area contributed by atoms with Crippen LogP contribution in [0.4, 0.5) is 0 Å². The van der Waals surface area contributed by atoms with Gasteiger partial charge in [-0.15, -0.1) is 24.0 Å². The standard InChI is InChI=1S/C19H31N5O.HI/c1-22-7-2-8-23(10-9-22)16-18-5-3-17(4-6-18)15-21-19(20)24-11-13-25-14-12-24;/h3-6H,2,7-16H2,1H3,(H2,20,21);1H. The summed E-state index contributed by atoms with van der Waals surface area (Å²) in [6.45, 7) is 9.51. The number of guanidine groups is 1. The van der Waals surface area contributed by atoms with Crippen molar-refractivity contribution in [2.75, 3.05) is 59.5 Å². The fraction of sp³-hybridized carbons (Fsp3) is 0.632. The van der Waals surface area contributed by atoms with Crippen LogP contribution in [0.25, 0.3) is 0 Å². The zero-order valence-electron chi connectivity index (χ0n) is 15.8. The van der Waals surface area contributed by atoms with E-state index in [1.54, 1.807) is 0 Å². The molecule has 0 atom stereocenters. The van der Waals surface area contributed by atoms with Gasteiger partial charge >= 0.3 is 0 Å². The molecular weight excluding hydrogens is 441 g/mol. The summed E-state index contributed by atoms with van der Waals surface area (Å²) >= 11 is 0. The summed E-state index contributed by atoms with van der Waals surface area (Å²) in [4.78, 5) is 11.6. The molecular formula is C19H32IN5O. The van der Waals surface area contributed by atoms with Crippen molar-refractivity contribution in [3.8, 4) is 0 Å². The number of morpholine rings is 1. The maximum Gasteiger partial charge on any atom is 0.191 e. The number of ether oxygens (including phenoxy) is 1. The van der Waals surface area contributed by atoms with Crippen LogP contribution in [0.3, 0.4) is 0 Å². The number of nitrogens with two attached hydrogens (primary N) is 1. The number of hydrogen-bond donors (Lipinski definition) is 1. The minimum Gasteiger partial charge on any atom is -0.378 e. The molecule has 1 aromatic carbocycles. The molecule has 0 bridgehead atoms. The minimum atomic E-state index is 0. The van der Waals surface area contributed by atoms with Crippen molar-refractivity contribution in [2.24, 2.45) is 10.7 Å². The van der Waals surface area contributed by atoms with E-state index >= 15 is 0 Å². The summed E-state index contributed by atoms with van der Waals surface area (Å²) in [5, 5.41) is 0. The molecule has 0 radical (unpaired) electrons. The van der Waals surface area contributed by atoms with Crippen LogP contribution in [0.15, 0.2) is 29.3 Å². The monoisotopic (exact) mass is 473 g/mol. The lowest BCUT2D eigenvalue weighted by Crippen LogP contribution is -2.44. The Hall–Kier alpha value is -0.900.